The molecule has 1 aliphatic heterocycles. The molecule has 0 amide bonds. The van der Waals surface area contributed by atoms with Crippen molar-refractivity contribution in [3.63, 3.8) is 0 Å². The average Bonchev–Trinajstić information content (AvgIpc) is 2.27. The molecule has 3 heteroatoms. The molecule has 1 aromatic rings. The summed E-state index contributed by atoms with van der Waals surface area (Å²) in [4.78, 5) is 0. The lowest BCUT2D eigenvalue weighted by Gasteiger charge is -2.26. The third-order valence-corrected chi connectivity index (χ3v) is 2.09. The molecular weight excluding hydrogens is 138 g/mol. The van der Waals surface area contributed by atoms with Gasteiger partial charge in [0, 0.05) is 31.7 Å². The van der Waals surface area contributed by atoms with Crippen LogP contribution < -0.4 is 5.32 Å². The van der Waals surface area contributed by atoms with Gasteiger partial charge in [-0.25, -0.2) is 0 Å². The van der Waals surface area contributed by atoms with Gasteiger partial charge in [0.15, 0.2) is 0 Å². The fourth-order valence-corrected chi connectivity index (χ4v) is 1.31. The number of hydrogen-bond donors (Lipinski definition) is 1. The lowest BCUT2D eigenvalue weighted by molar-refractivity contribution is 0.295. The zero-order valence-electron chi connectivity index (χ0n) is 6.75. The van der Waals surface area contributed by atoms with E-state index in [1.54, 1.807) is 0 Å². The van der Waals surface area contributed by atoms with Gasteiger partial charge in [-0.05, 0) is 13.0 Å². The average molecular weight is 151 g/mol. The minimum atomic E-state index is 0.800. The van der Waals surface area contributed by atoms with Crippen LogP contribution in [0.4, 0.5) is 0 Å². The summed E-state index contributed by atoms with van der Waals surface area (Å²) >= 11 is 0. The number of aryl methyl sites for hydroxylation is 1. The lowest BCUT2D eigenvalue weighted by atomic mass is 10.0. The number of hydrogen-bond acceptors (Lipinski definition) is 2. The Morgan fingerprint density at radius 1 is 1.73 bits per heavy atom. The molecule has 0 aromatic carbocycles. The predicted molar refractivity (Wildman–Crippen MR) is 43.3 cm³/mol. The smallest absolute Gasteiger partial charge is 0.0593 e. The predicted octanol–water partition coefficient (Wildman–Crippen LogP) is 0.411. The second-order valence-corrected chi connectivity index (χ2v) is 3.20. The molecule has 11 heavy (non-hydrogen) atoms. The van der Waals surface area contributed by atoms with E-state index in [-0.39, 0.29) is 0 Å². The maximum absolute atomic E-state index is 4.32. The fraction of sp³-hybridized carbons (Fsp3) is 0.625. The van der Waals surface area contributed by atoms with Crippen LogP contribution in [-0.2, 0) is 6.54 Å². The molecule has 0 radical (unpaired) electrons. The standard InChI is InChI=1S/C8H13N3/c1-7-2-3-11(10-7)6-8-4-9-5-8/h2-3,8-9H,4-6H2,1H3. The third kappa shape index (κ3) is 1.43. The monoisotopic (exact) mass is 151 g/mol. The SMILES string of the molecule is Cc1ccn(CC2CNC2)n1. The van der Waals surface area contributed by atoms with Crippen molar-refractivity contribution >= 4 is 0 Å². The van der Waals surface area contributed by atoms with Crippen molar-refractivity contribution < 1.29 is 0 Å². The van der Waals surface area contributed by atoms with Crippen LogP contribution in [0.25, 0.3) is 0 Å². The van der Waals surface area contributed by atoms with Gasteiger partial charge in [-0.1, -0.05) is 0 Å². The van der Waals surface area contributed by atoms with Gasteiger partial charge < -0.3 is 5.32 Å². The second-order valence-electron chi connectivity index (χ2n) is 3.20. The van der Waals surface area contributed by atoms with Crippen molar-refractivity contribution in [3.8, 4) is 0 Å². The van der Waals surface area contributed by atoms with Crippen LogP contribution in [0.3, 0.4) is 0 Å². The van der Waals surface area contributed by atoms with Crippen molar-refractivity contribution in [3.05, 3.63) is 18.0 Å². The molecule has 1 aliphatic rings. The summed E-state index contributed by atoms with van der Waals surface area (Å²) in [5.74, 6) is 0.800. The largest absolute Gasteiger partial charge is 0.316 e. The van der Waals surface area contributed by atoms with Gasteiger partial charge in [0.25, 0.3) is 0 Å². The highest BCUT2D eigenvalue weighted by Gasteiger charge is 2.16. The van der Waals surface area contributed by atoms with E-state index in [4.69, 9.17) is 0 Å². The molecule has 0 aliphatic carbocycles. The van der Waals surface area contributed by atoms with Gasteiger partial charge in [-0.3, -0.25) is 4.68 Å². The molecule has 1 saturated heterocycles. The van der Waals surface area contributed by atoms with Crippen molar-refractivity contribution in [2.75, 3.05) is 13.1 Å². The van der Waals surface area contributed by atoms with E-state index in [1.165, 1.54) is 0 Å². The normalized spacial score (nSPS) is 18.3. The Morgan fingerprint density at radius 3 is 3.00 bits per heavy atom. The number of nitrogens with one attached hydrogen (secondary N) is 1. The minimum absolute atomic E-state index is 0.800. The molecule has 0 bridgehead atoms. The second kappa shape index (κ2) is 2.66. The van der Waals surface area contributed by atoms with Crippen LogP contribution in [0.5, 0.6) is 0 Å². The number of nitrogens with zero attached hydrogens (tertiary/aromatic N) is 2. The van der Waals surface area contributed by atoms with E-state index in [0.29, 0.717) is 0 Å². The quantitative estimate of drug-likeness (QED) is 0.663. The molecule has 0 saturated carbocycles. The summed E-state index contributed by atoms with van der Waals surface area (Å²) in [7, 11) is 0. The van der Waals surface area contributed by atoms with Crippen molar-refractivity contribution in [2.24, 2.45) is 5.92 Å². The first-order chi connectivity index (χ1) is 5.34. The van der Waals surface area contributed by atoms with Gasteiger partial charge >= 0.3 is 0 Å². The molecule has 0 spiro atoms. The first kappa shape index (κ1) is 6.85. The Balaban J connectivity index is 1.95. The van der Waals surface area contributed by atoms with E-state index in [2.05, 4.69) is 10.4 Å². The van der Waals surface area contributed by atoms with Crippen LogP contribution >= 0.6 is 0 Å². The van der Waals surface area contributed by atoms with E-state index in [0.717, 1.165) is 31.2 Å². The van der Waals surface area contributed by atoms with Gasteiger partial charge in [0.05, 0.1) is 5.69 Å². The zero-order chi connectivity index (χ0) is 7.68. The van der Waals surface area contributed by atoms with Crippen LogP contribution in [0.2, 0.25) is 0 Å². The molecule has 0 atom stereocenters. The maximum atomic E-state index is 4.32. The Morgan fingerprint density at radius 2 is 2.55 bits per heavy atom. The highest BCUT2D eigenvalue weighted by Crippen LogP contribution is 2.05. The molecule has 1 N–H and O–H groups in total. The van der Waals surface area contributed by atoms with Crippen LogP contribution in [0.1, 0.15) is 5.69 Å². The number of aromatic nitrogens is 2. The summed E-state index contributed by atoms with van der Waals surface area (Å²) in [6.45, 7) is 5.40. The number of rotatable bonds is 2. The van der Waals surface area contributed by atoms with Gasteiger partial charge in [-0.2, -0.15) is 5.10 Å². The molecule has 60 valence electrons. The zero-order valence-corrected chi connectivity index (χ0v) is 6.75. The molecule has 2 heterocycles. The van der Waals surface area contributed by atoms with E-state index in [1.807, 2.05) is 23.9 Å². The Bertz CT molecular complexity index is 237. The minimum Gasteiger partial charge on any atom is -0.316 e. The van der Waals surface area contributed by atoms with Crippen LogP contribution in [0.15, 0.2) is 12.3 Å². The molecular formula is C8H13N3. The lowest BCUT2D eigenvalue weighted by Crippen LogP contribution is -2.44. The summed E-state index contributed by atoms with van der Waals surface area (Å²) in [5, 5.41) is 7.57. The van der Waals surface area contributed by atoms with Crippen molar-refractivity contribution in [1.82, 2.24) is 15.1 Å². The summed E-state index contributed by atoms with van der Waals surface area (Å²) in [6, 6.07) is 2.05. The fourth-order valence-electron chi connectivity index (χ4n) is 1.31. The summed E-state index contributed by atoms with van der Waals surface area (Å²) < 4.78 is 2.03. The highest BCUT2D eigenvalue weighted by molar-refractivity contribution is 4.95. The Hall–Kier alpha value is -0.830. The molecule has 0 unspecified atom stereocenters. The highest BCUT2D eigenvalue weighted by atomic mass is 15.3. The third-order valence-electron chi connectivity index (χ3n) is 2.09. The van der Waals surface area contributed by atoms with E-state index >= 15 is 0 Å². The molecule has 2 rings (SSSR count). The Labute approximate surface area is 66.4 Å². The van der Waals surface area contributed by atoms with Crippen molar-refractivity contribution in [1.29, 1.82) is 0 Å². The Kier molecular flexibility index (Phi) is 1.66. The van der Waals surface area contributed by atoms with Gasteiger partial charge in [0.1, 0.15) is 0 Å². The maximum Gasteiger partial charge on any atom is 0.0593 e. The molecule has 3 nitrogen and oxygen atoms in total. The van der Waals surface area contributed by atoms with Crippen molar-refractivity contribution in [2.45, 2.75) is 13.5 Å². The molecule has 1 fully saturated rings. The first-order valence-corrected chi connectivity index (χ1v) is 4.05. The molecule has 1 aromatic heterocycles. The van der Waals surface area contributed by atoms with E-state index < -0.39 is 0 Å². The van der Waals surface area contributed by atoms with Crippen LogP contribution in [-0.4, -0.2) is 22.9 Å². The van der Waals surface area contributed by atoms with Crippen LogP contribution in [0, 0.1) is 12.8 Å². The van der Waals surface area contributed by atoms with Gasteiger partial charge in [0.2, 0.25) is 0 Å². The summed E-state index contributed by atoms with van der Waals surface area (Å²) in [5.41, 5.74) is 1.11. The topological polar surface area (TPSA) is 29.9 Å². The van der Waals surface area contributed by atoms with Gasteiger partial charge in [-0.15, -0.1) is 0 Å². The first-order valence-electron chi connectivity index (χ1n) is 4.05. The van der Waals surface area contributed by atoms with E-state index in [9.17, 15) is 0 Å². The summed E-state index contributed by atoms with van der Waals surface area (Å²) in [6.07, 6.45) is 2.05.